The highest BCUT2D eigenvalue weighted by Crippen LogP contribution is 2.25. The zero-order valence-electron chi connectivity index (χ0n) is 15.8. The number of thiazole rings is 1. The number of carbonyl (C=O) groups excluding carboxylic acids is 1. The fourth-order valence-corrected chi connectivity index (χ4v) is 3.42. The van der Waals surface area contributed by atoms with E-state index in [4.69, 9.17) is 4.74 Å². The van der Waals surface area contributed by atoms with Crippen molar-refractivity contribution in [1.29, 1.82) is 0 Å². The van der Waals surface area contributed by atoms with Crippen LogP contribution in [0.4, 0.5) is 5.13 Å². The van der Waals surface area contributed by atoms with Gasteiger partial charge in [0.15, 0.2) is 5.13 Å². The van der Waals surface area contributed by atoms with E-state index in [2.05, 4.69) is 15.3 Å². The molecular formula is C23H19N3O2S. The lowest BCUT2D eigenvalue weighted by Gasteiger charge is -2.07. The predicted octanol–water partition coefficient (Wildman–Crippen LogP) is 5.34. The maximum atomic E-state index is 12.5. The summed E-state index contributed by atoms with van der Waals surface area (Å²) in [6, 6.07) is 19.0. The SMILES string of the molecule is Cc1ccc(-c2csc(NC(=O)c3ccc(OCc4cccnc4)cc3)n2)cc1. The fourth-order valence-electron chi connectivity index (χ4n) is 2.71. The van der Waals surface area contributed by atoms with Crippen LogP contribution in [-0.4, -0.2) is 15.9 Å². The summed E-state index contributed by atoms with van der Waals surface area (Å²) in [6.45, 7) is 2.48. The summed E-state index contributed by atoms with van der Waals surface area (Å²) in [5, 5.41) is 5.37. The summed E-state index contributed by atoms with van der Waals surface area (Å²) < 4.78 is 5.72. The Morgan fingerprint density at radius 2 is 1.86 bits per heavy atom. The molecule has 0 bridgehead atoms. The topological polar surface area (TPSA) is 64.1 Å². The number of nitrogens with one attached hydrogen (secondary N) is 1. The first-order chi connectivity index (χ1) is 14.2. The van der Waals surface area contributed by atoms with Crippen LogP contribution in [0.5, 0.6) is 5.75 Å². The van der Waals surface area contributed by atoms with Crippen molar-refractivity contribution < 1.29 is 9.53 Å². The number of carbonyl (C=O) groups is 1. The first kappa shape index (κ1) is 18.8. The molecule has 0 unspecified atom stereocenters. The minimum atomic E-state index is -0.200. The highest BCUT2D eigenvalue weighted by Gasteiger charge is 2.10. The Labute approximate surface area is 173 Å². The van der Waals surface area contributed by atoms with Gasteiger partial charge in [0.25, 0.3) is 5.91 Å². The zero-order valence-corrected chi connectivity index (χ0v) is 16.6. The van der Waals surface area contributed by atoms with Crippen LogP contribution in [0.15, 0.2) is 78.4 Å². The fraction of sp³-hybridized carbons (Fsp3) is 0.0870. The van der Waals surface area contributed by atoms with Crippen LogP contribution in [0.2, 0.25) is 0 Å². The van der Waals surface area contributed by atoms with Gasteiger partial charge < -0.3 is 4.74 Å². The minimum absolute atomic E-state index is 0.200. The molecule has 0 aliphatic heterocycles. The van der Waals surface area contributed by atoms with Crippen LogP contribution in [0.25, 0.3) is 11.3 Å². The first-order valence-electron chi connectivity index (χ1n) is 9.13. The van der Waals surface area contributed by atoms with Gasteiger partial charge in [-0.05, 0) is 37.3 Å². The number of anilines is 1. The van der Waals surface area contributed by atoms with Gasteiger partial charge in [-0.15, -0.1) is 11.3 Å². The number of nitrogens with zero attached hydrogens (tertiary/aromatic N) is 2. The Morgan fingerprint density at radius 1 is 1.07 bits per heavy atom. The molecule has 0 fully saturated rings. The van der Waals surface area contributed by atoms with Crippen molar-refractivity contribution in [2.24, 2.45) is 0 Å². The molecule has 4 rings (SSSR count). The molecule has 0 saturated carbocycles. The normalized spacial score (nSPS) is 10.5. The molecule has 6 heteroatoms. The van der Waals surface area contributed by atoms with Crippen LogP contribution < -0.4 is 10.1 Å². The first-order valence-corrected chi connectivity index (χ1v) is 10.0. The van der Waals surface area contributed by atoms with Crippen molar-refractivity contribution in [2.75, 3.05) is 5.32 Å². The Morgan fingerprint density at radius 3 is 2.59 bits per heavy atom. The van der Waals surface area contributed by atoms with E-state index in [0.717, 1.165) is 16.8 Å². The summed E-state index contributed by atoms with van der Waals surface area (Å²) >= 11 is 1.41. The van der Waals surface area contributed by atoms with Crippen LogP contribution in [-0.2, 0) is 6.61 Å². The number of amides is 1. The van der Waals surface area contributed by atoms with E-state index in [1.54, 1.807) is 36.7 Å². The zero-order chi connectivity index (χ0) is 20.1. The second-order valence-electron chi connectivity index (χ2n) is 6.53. The highest BCUT2D eigenvalue weighted by atomic mass is 32.1. The Balaban J connectivity index is 1.37. The maximum Gasteiger partial charge on any atom is 0.257 e. The molecule has 0 atom stereocenters. The average Bonchev–Trinajstić information content (AvgIpc) is 3.22. The Kier molecular flexibility index (Phi) is 5.63. The lowest BCUT2D eigenvalue weighted by molar-refractivity contribution is 0.102. The monoisotopic (exact) mass is 401 g/mol. The molecule has 29 heavy (non-hydrogen) atoms. The molecule has 1 amide bonds. The third-order valence-electron chi connectivity index (χ3n) is 4.32. The number of aryl methyl sites for hydroxylation is 1. The Bertz CT molecular complexity index is 1090. The molecule has 0 saturated heterocycles. The number of ether oxygens (including phenoxy) is 1. The molecule has 2 aromatic carbocycles. The molecular weight excluding hydrogens is 382 g/mol. The van der Waals surface area contributed by atoms with Gasteiger partial charge in [0.1, 0.15) is 12.4 Å². The van der Waals surface area contributed by atoms with Gasteiger partial charge in [-0.1, -0.05) is 35.9 Å². The van der Waals surface area contributed by atoms with E-state index in [-0.39, 0.29) is 5.91 Å². The molecule has 144 valence electrons. The molecule has 2 aromatic heterocycles. The number of rotatable bonds is 6. The summed E-state index contributed by atoms with van der Waals surface area (Å²) in [7, 11) is 0. The lowest BCUT2D eigenvalue weighted by atomic mass is 10.1. The van der Waals surface area contributed by atoms with Crippen molar-refractivity contribution in [3.63, 3.8) is 0 Å². The smallest absolute Gasteiger partial charge is 0.257 e. The van der Waals surface area contributed by atoms with Crippen molar-refractivity contribution in [2.45, 2.75) is 13.5 Å². The van der Waals surface area contributed by atoms with Crippen molar-refractivity contribution in [1.82, 2.24) is 9.97 Å². The summed E-state index contributed by atoms with van der Waals surface area (Å²) in [5.41, 5.74) is 4.62. The number of pyridine rings is 1. The van der Waals surface area contributed by atoms with Gasteiger partial charge in [-0.3, -0.25) is 15.1 Å². The third kappa shape index (κ3) is 4.86. The number of hydrogen-bond acceptors (Lipinski definition) is 5. The second-order valence-corrected chi connectivity index (χ2v) is 7.39. The number of aromatic nitrogens is 2. The molecule has 0 aliphatic rings. The number of hydrogen-bond donors (Lipinski definition) is 1. The van der Waals surface area contributed by atoms with Crippen LogP contribution in [0.1, 0.15) is 21.5 Å². The summed E-state index contributed by atoms with van der Waals surface area (Å²) in [5.74, 6) is 0.495. The lowest BCUT2D eigenvalue weighted by Crippen LogP contribution is -2.11. The number of benzene rings is 2. The quantitative estimate of drug-likeness (QED) is 0.473. The molecule has 4 aromatic rings. The van der Waals surface area contributed by atoms with E-state index < -0.39 is 0 Å². The molecule has 5 nitrogen and oxygen atoms in total. The average molecular weight is 401 g/mol. The van der Waals surface area contributed by atoms with Crippen LogP contribution in [0, 0.1) is 6.92 Å². The Hall–Kier alpha value is -3.51. The summed E-state index contributed by atoms with van der Waals surface area (Å²) in [4.78, 5) is 21.1. The van der Waals surface area contributed by atoms with E-state index in [1.807, 2.05) is 48.7 Å². The van der Waals surface area contributed by atoms with E-state index >= 15 is 0 Å². The molecule has 2 heterocycles. The van der Waals surface area contributed by atoms with Gasteiger partial charge in [-0.25, -0.2) is 4.98 Å². The van der Waals surface area contributed by atoms with E-state index in [0.29, 0.717) is 23.1 Å². The maximum absolute atomic E-state index is 12.5. The molecule has 1 N–H and O–H groups in total. The van der Waals surface area contributed by atoms with Crippen LogP contribution >= 0.6 is 11.3 Å². The van der Waals surface area contributed by atoms with Crippen molar-refractivity contribution in [3.8, 4) is 17.0 Å². The van der Waals surface area contributed by atoms with Crippen molar-refractivity contribution >= 4 is 22.4 Å². The van der Waals surface area contributed by atoms with Crippen LogP contribution in [0.3, 0.4) is 0 Å². The van der Waals surface area contributed by atoms with Gasteiger partial charge in [0.2, 0.25) is 0 Å². The van der Waals surface area contributed by atoms with E-state index in [9.17, 15) is 4.79 Å². The predicted molar refractivity (Wildman–Crippen MR) is 115 cm³/mol. The van der Waals surface area contributed by atoms with Gasteiger partial charge in [0, 0.05) is 34.5 Å². The van der Waals surface area contributed by atoms with Gasteiger partial charge >= 0.3 is 0 Å². The van der Waals surface area contributed by atoms with Crippen molar-refractivity contribution in [3.05, 3.63) is 95.1 Å². The van der Waals surface area contributed by atoms with Gasteiger partial charge in [0.05, 0.1) is 5.69 Å². The van der Waals surface area contributed by atoms with E-state index in [1.165, 1.54) is 16.9 Å². The third-order valence-corrected chi connectivity index (χ3v) is 5.07. The molecule has 0 radical (unpaired) electrons. The second kappa shape index (κ2) is 8.67. The molecule has 0 aliphatic carbocycles. The van der Waals surface area contributed by atoms with Gasteiger partial charge in [-0.2, -0.15) is 0 Å². The largest absolute Gasteiger partial charge is 0.489 e. The standard InChI is InChI=1S/C23H19N3O2S/c1-16-4-6-18(7-5-16)21-15-29-23(25-21)26-22(27)19-8-10-20(11-9-19)28-14-17-3-2-12-24-13-17/h2-13,15H,14H2,1H3,(H,25,26,27). The summed E-state index contributed by atoms with van der Waals surface area (Å²) in [6.07, 6.45) is 3.49. The minimum Gasteiger partial charge on any atom is -0.489 e. The molecule has 0 spiro atoms. The highest BCUT2D eigenvalue weighted by molar-refractivity contribution is 7.14.